The van der Waals surface area contributed by atoms with Gasteiger partial charge in [-0.15, -0.1) is 11.3 Å². The summed E-state index contributed by atoms with van der Waals surface area (Å²) in [6.07, 6.45) is 1.31. The van der Waals surface area contributed by atoms with Gasteiger partial charge in [0.1, 0.15) is 0 Å². The molecule has 1 N–H and O–H groups in total. The zero-order chi connectivity index (χ0) is 13.8. The first kappa shape index (κ1) is 14.9. The number of aryl methyl sites for hydroxylation is 1. The molecule has 3 rings (SSSR count). The first-order chi connectivity index (χ1) is 9.78. The van der Waals surface area contributed by atoms with E-state index in [1.165, 1.54) is 27.7 Å². The minimum Gasteiger partial charge on any atom is -0.379 e. The first-order valence-electron chi connectivity index (χ1n) is 7.45. The molecule has 0 bridgehead atoms. The number of nitrogens with one attached hydrogen (secondary N) is 1. The lowest BCUT2D eigenvalue weighted by molar-refractivity contribution is -0.0133. The van der Waals surface area contributed by atoms with Crippen molar-refractivity contribution in [1.82, 2.24) is 10.2 Å². The Morgan fingerprint density at radius 2 is 2.20 bits per heavy atom. The van der Waals surface area contributed by atoms with Crippen LogP contribution < -0.4 is 5.32 Å². The number of thiophene rings is 1. The molecule has 2 saturated heterocycles. The molecule has 0 amide bonds. The minimum atomic E-state index is 0.362. The lowest BCUT2D eigenvalue weighted by Gasteiger charge is -2.43. The Balaban J connectivity index is 1.56. The molecule has 20 heavy (non-hydrogen) atoms. The van der Waals surface area contributed by atoms with Gasteiger partial charge in [0.15, 0.2) is 0 Å². The average Bonchev–Trinajstić information content (AvgIpc) is 3.10. The predicted octanol–water partition coefficient (Wildman–Crippen LogP) is 2.35. The van der Waals surface area contributed by atoms with E-state index < -0.39 is 0 Å². The Morgan fingerprint density at radius 1 is 1.35 bits per heavy atom. The van der Waals surface area contributed by atoms with Crippen molar-refractivity contribution in [3.05, 3.63) is 21.9 Å². The Hall–Kier alpha value is -0.0700. The molecule has 2 aliphatic heterocycles. The van der Waals surface area contributed by atoms with Gasteiger partial charge in [-0.3, -0.25) is 4.90 Å². The van der Waals surface area contributed by atoms with E-state index in [0.29, 0.717) is 5.54 Å². The van der Waals surface area contributed by atoms with E-state index in [0.717, 1.165) is 39.4 Å². The van der Waals surface area contributed by atoms with E-state index in [2.05, 4.69) is 41.0 Å². The summed E-state index contributed by atoms with van der Waals surface area (Å²) >= 11 is 4.01. The Kier molecular flexibility index (Phi) is 5.04. The second-order valence-corrected chi connectivity index (χ2v) is 8.22. The van der Waals surface area contributed by atoms with Crippen molar-refractivity contribution in [2.75, 3.05) is 44.4 Å². The molecule has 5 heteroatoms. The summed E-state index contributed by atoms with van der Waals surface area (Å²) in [5, 5.41) is 3.71. The first-order valence-corrected chi connectivity index (χ1v) is 9.42. The van der Waals surface area contributed by atoms with Crippen LogP contribution in [-0.2, 0) is 11.3 Å². The van der Waals surface area contributed by atoms with Crippen LogP contribution in [0.2, 0.25) is 0 Å². The van der Waals surface area contributed by atoms with E-state index in [1.54, 1.807) is 0 Å². The van der Waals surface area contributed by atoms with Gasteiger partial charge in [0.05, 0.1) is 13.2 Å². The molecule has 3 nitrogen and oxygen atoms in total. The lowest BCUT2D eigenvalue weighted by atomic mass is 9.95. The summed E-state index contributed by atoms with van der Waals surface area (Å²) in [5.74, 6) is 2.57. The van der Waals surface area contributed by atoms with Crippen molar-refractivity contribution in [1.29, 1.82) is 0 Å². The summed E-state index contributed by atoms with van der Waals surface area (Å²) < 4.78 is 5.51. The second-order valence-electron chi connectivity index (χ2n) is 5.74. The average molecular weight is 313 g/mol. The molecule has 0 radical (unpaired) electrons. The van der Waals surface area contributed by atoms with Crippen LogP contribution >= 0.6 is 23.1 Å². The maximum absolute atomic E-state index is 5.51. The van der Waals surface area contributed by atoms with Gasteiger partial charge in [-0.25, -0.2) is 0 Å². The summed E-state index contributed by atoms with van der Waals surface area (Å²) in [5.41, 5.74) is 0.362. The largest absolute Gasteiger partial charge is 0.379 e. The minimum absolute atomic E-state index is 0.362. The van der Waals surface area contributed by atoms with Crippen LogP contribution in [0.15, 0.2) is 12.1 Å². The highest BCUT2D eigenvalue weighted by Crippen LogP contribution is 2.33. The Morgan fingerprint density at radius 3 is 2.85 bits per heavy atom. The molecule has 1 aromatic heterocycles. The highest BCUT2D eigenvalue weighted by atomic mass is 32.2. The fourth-order valence-corrected chi connectivity index (χ4v) is 5.47. The Labute approximate surface area is 130 Å². The smallest absolute Gasteiger partial charge is 0.0594 e. The quantitative estimate of drug-likeness (QED) is 0.902. The highest BCUT2D eigenvalue weighted by Gasteiger charge is 2.40. The van der Waals surface area contributed by atoms with Gasteiger partial charge >= 0.3 is 0 Å². The van der Waals surface area contributed by atoms with Crippen LogP contribution in [0.4, 0.5) is 0 Å². The molecule has 2 aliphatic rings. The van der Waals surface area contributed by atoms with Gasteiger partial charge < -0.3 is 10.1 Å². The zero-order valence-electron chi connectivity index (χ0n) is 12.2. The van der Waals surface area contributed by atoms with Crippen molar-refractivity contribution in [2.24, 2.45) is 0 Å². The third-order valence-electron chi connectivity index (χ3n) is 4.31. The monoisotopic (exact) mass is 312 g/mol. The molecule has 1 aromatic rings. The zero-order valence-corrected chi connectivity index (χ0v) is 13.8. The maximum atomic E-state index is 5.51. The number of hydrogen-bond acceptors (Lipinski definition) is 5. The molecule has 0 aromatic carbocycles. The standard InChI is InChI=1S/C15H24N2OS2/c1-13-2-3-14(20-13)10-16-11-15(4-9-19-12-15)17-5-7-18-8-6-17/h2-3,16H,4-12H2,1H3. The van der Waals surface area contributed by atoms with Crippen molar-refractivity contribution < 1.29 is 4.74 Å². The van der Waals surface area contributed by atoms with E-state index >= 15 is 0 Å². The van der Waals surface area contributed by atoms with Gasteiger partial charge in [0, 0.05) is 47.2 Å². The van der Waals surface area contributed by atoms with Crippen LogP contribution in [0.3, 0.4) is 0 Å². The topological polar surface area (TPSA) is 24.5 Å². The lowest BCUT2D eigenvalue weighted by Crippen LogP contribution is -2.58. The van der Waals surface area contributed by atoms with Crippen LogP contribution in [0.25, 0.3) is 0 Å². The number of hydrogen-bond donors (Lipinski definition) is 1. The maximum Gasteiger partial charge on any atom is 0.0594 e. The highest BCUT2D eigenvalue weighted by molar-refractivity contribution is 7.99. The molecule has 112 valence electrons. The SMILES string of the molecule is Cc1ccc(CNCC2(N3CCOCC3)CCSC2)s1. The van der Waals surface area contributed by atoms with E-state index in [4.69, 9.17) is 4.74 Å². The normalized spacial score (nSPS) is 28.1. The van der Waals surface area contributed by atoms with Crippen LogP contribution in [0, 0.1) is 6.92 Å². The van der Waals surface area contributed by atoms with Crippen molar-refractivity contribution >= 4 is 23.1 Å². The van der Waals surface area contributed by atoms with Gasteiger partial charge in [-0.1, -0.05) is 0 Å². The summed E-state index contributed by atoms with van der Waals surface area (Å²) in [6, 6.07) is 4.46. The molecular weight excluding hydrogens is 288 g/mol. The second kappa shape index (κ2) is 6.79. The predicted molar refractivity (Wildman–Crippen MR) is 87.8 cm³/mol. The van der Waals surface area contributed by atoms with Crippen LogP contribution in [-0.4, -0.2) is 54.8 Å². The van der Waals surface area contributed by atoms with Crippen molar-refractivity contribution in [3.8, 4) is 0 Å². The van der Waals surface area contributed by atoms with E-state index in [1.807, 2.05) is 11.3 Å². The summed E-state index contributed by atoms with van der Waals surface area (Å²) in [6.45, 7) is 8.29. The Bertz CT molecular complexity index is 423. The molecule has 0 spiro atoms. The van der Waals surface area contributed by atoms with Crippen LogP contribution in [0.1, 0.15) is 16.2 Å². The third kappa shape index (κ3) is 3.39. The number of ether oxygens (including phenoxy) is 1. The molecule has 2 fully saturated rings. The number of thioether (sulfide) groups is 1. The number of morpholine rings is 1. The number of nitrogens with zero attached hydrogens (tertiary/aromatic N) is 1. The molecule has 1 atom stereocenters. The van der Waals surface area contributed by atoms with Crippen molar-refractivity contribution in [3.63, 3.8) is 0 Å². The fraction of sp³-hybridized carbons (Fsp3) is 0.733. The molecule has 3 heterocycles. The summed E-state index contributed by atoms with van der Waals surface area (Å²) in [4.78, 5) is 5.52. The molecule has 0 saturated carbocycles. The van der Waals surface area contributed by atoms with Gasteiger partial charge in [-0.05, 0) is 31.2 Å². The molecular formula is C15H24N2OS2. The van der Waals surface area contributed by atoms with Crippen molar-refractivity contribution in [2.45, 2.75) is 25.4 Å². The fourth-order valence-electron chi connectivity index (χ4n) is 3.13. The molecule has 1 unspecified atom stereocenters. The van der Waals surface area contributed by atoms with E-state index in [-0.39, 0.29) is 0 Å². The van der Waals surface area contributed by atoms with Gasteiger partial charge in [-0.2, -0.15) is 11.8 Å². The third-order valence-corrected chi connectivity index (χ3v) is 6.55. The molecule has 0 aliphatic carbocycles. The van der Waals surface area contributed by atoms with E-state index in [9.17, 15) is 0 Å². The number of rotatable bonds is 5. The van der Waals surface area contributed by atoms with Crippen LogP contribution in [0.5, 0.6) is 0 Å². The summed E-state index contributed by atoms with van der Waals surface area (Å²) in [7, 11) is 0. The van der Waals surface area contributed by atoms with Gasteiger partial charge in [0.25, 0.3) is 0 Å². The van der Waals surface area contributed by atoms with Gasteiger partial charge in [0.2, 0.25) is 0 Å².